The second kappa shape index (κ2) is 4.09. The van der Waals surface area contributed by atoms with E-state index in [0.29, 0.717) is 12.6 Å². The lowest BCUT2D eigenvalue weighted by atomic mass is 10.1. The molecular formula is C9H16N2O3S. The second-order valence-electron chi connectivity index (χ2n) is 4.11. The van der Waals surface area contributed by atoms with Gasteiger partial charge in [0.1, 0.15) is 0 Å². The van der Waals surface area contributed by atoms with Gasteiger partial charge in [-0.3, -0.25) is 4.79 Å². The molecule has 2 aliphatic rings. The predicted molar refractivity (Wildman–Crippen MR) is 55.8 cm³/mol. The number of nitrogens with zero attached hydrogens (tertiary/aromatic N) is 1. The topological polar surface area (TPSA) is 66.5 Å². The highest BCUT2D eigenvalue weighted by atomic mass is 32.2. The van der Waals surface area contributed by atoms with Crippen molar-refractivity contribution >= 4 is 15.9 Å². The zero-order valence-electron chi connectivity index (χ0n) is 8.61. The van der Waals surface area contributed by atoms with E-state index in [0.717, 1.165) is 30.1 Å². The Balaban J connectivity index is 1.90. The molecule has 0 aliphatic carbocycles. The van der Waals surface area contributed by atoms with Crippen LogP contribution in [0.1, 0.15) is 25.7 Å². The van der Waals surface area contributed by atoms with Crippen molar-refractivity contribution in [3.05, 3.63) is 0 Å². The Morgan fingerprint density at radius 2 is 2.27 bits per heavy atom. The van der Waals surface area contributed by atoms with Gasteiger partial charge in [-0.15, -0.1) is 0 Å². The molecule has 0 saturated carbocycles. The van der Waals surface area contributed by atoms with E-state index in [1.165, 1.54) is 0 Å². The molecule has 0 aromatic heterocycles. The summed E-state index contributed by atoms with van der Waals surface area (Å²) in [7, 11) is -3.27. The van der Waals surface area contributed by atoms with E-state index in [-0.39, 0.29) is 18.1 Å². The lowest BCUT2D eigenvalue weighted by Gasteiger charge is -2.17. The van der Waals surface area contributed by atoms with Crippen LogP contribution in [0, 0.1) is 0 Å². The lowest BCUT2D eigenvalue weighted by molar-refractivity contribution is -0.125. The van der Waals surface area contributed by atoms with Gasteiger partial charge >= 0.3 is 0 Å². The van der Waals surface area contributed by atoms with Gasteiger partial charge in [-0.2, -0.15) is 0 Å². The van der Waals surface area contributed by atoms with Crippen molar-refractivity contribution in [1.29, 1.82) is 0 Å². The minimum absolute atomic E-state index is 0.00999. The largest absolute Gasteiger partial charge is 0.314 e. The summed E-state index contributed by atoms with van der Waals surface area (Å²) in [5.74, 6) is -0.253. The van der Waals surface area contributed by atoms with Gasteiger partial charge in [0.25, 0.3) is 0 Å². The van der Waals surface area contributed by atoms with Crippen LogP contribution in [0.2, 0.25) is 0 Å². The highest BCUT2D eigenvalue weighted by Crippen LogP contribution is 2.17. The monoisotopic (exact) mass is 232 g/mol. The molecule has 0 bridgehead atoms. The van der Waals surface area contributed by atoms with Crippen molar-refractivity contribution < 1.29 is 13.2 Å². The third-order valence-electron chi connectivity index (χ3n) is 3.03. The summed E-state index contributed by atoms with van der Waals surface area (Å²) in [5.41, 5.74) is 0. The quantitative estimate of drug-likeness (QED) is 0.725. The van der Waals surface area contributed by atoms with E-state index in [2.05, 4.69) is 5.32 Å². The van der Waals surface area contributed by atoms with E-state index in [9.17, 15) is 13.2 Å². The normalized spacial score (nSPS) is 30.0. The maximum atomic E-state index is 11.5. The molecular weight excluding hydrogens is 216 g/mol. The summed E-state index contributed by atoms with van der Waals surface area (Å²) in [5, 5.41) is 3.29. The number of nitrogens with one attached hydrogen (secondary N) is 1. The Bertz CT molecular complexity index is 346. The molecule has 5 nitrogen and oxygen atoms in total. The van der Waals surface area contributed by atoms with Crippen molar-refractivity contribution in [2.75, 3.05) is 18.8 Å². The molecule has 6 heteroatoms. The van der Waals surface area contributed by atoms with Gasteiger partial charge < -0.3 is 5.32 Å². The van der Waals surface area contributed by atoms with Crippen LogP contribution in [0.5, 0.6) is 0 Å². The Morgan fingerprint density at radius 1 is 1.47 bits per heavy atom. The molecule has 86 valence electrons. The third kappa shape index (κ3) is 2.31. The molecule has 2 heterocycles. The van der Waals surface area contributed by atoms with Crippen LogP contribution in [0.25, 0.3) is 0 Å². The number of amides is 1. The molecule has 1 atom stereocenters. The van der Waals surface area contributed by atoms with Crippen LogP contribution < -0.4 is 5.32 Å². The van der Waals surface area contributed by atoms with E-state index in [4.69, 9.17) is 0 Å². The van der Waals surface area contributed by atoms with Gasteiger partial charge in [0.2, 0.25) is 15.9 Å². The fourth-order valence-electron chi connectivity index (χ4n) is 2.15. The van der Waals surface area contributed by atoms with E-state index >= 15 is 0 Å². The van der Waals surface area contributed by atoms with Crippen molar-refractivity contribution in [2.45, 2.75) is 31.7 Å². The Morgan fingerprint density at radius 3 is 2.80 bits per heavy atom. The molecule has 1 N–H and O–H groups in total. The Hall–Kier alpha value is -0.620. The van der Waals surface area contributed by atoms with Crippen molar-refractivity contribution in [3.8, 4) is 0 Å². The van der Waals surface area contributed by atoms with Crippen molar-refractivity contribution in [2.24, 2.45) is 0 Å². The van der Waals surface area contributed by atoms with E-state index in [1.54, 1.807) is 0 Å². The van der Waals surface area contributed by atoms with E-state index < -0.39 is 10.0 Å². The first-order valence-corrected chi connectivity index (χ1v) is 6.97. The number of rotatable bonds is 3. The van der Waals surface area contributed by atoms with E-state index in [1.807, 2.05) is 0 Å². The first-order chi connectivity index (χ1) is 7.09. The number of hydrogen-bond donors (Lipinski definition) is 1. The second-order valence-corrected chi connectivity index (χ2v) is 6.13. The number of carbonyl (C=O) groups excluding carboxylic acids is 1. The molecule has 0 aromatic rings. The molecule has 1 unspecified atom stereocenters. The van der Waals surface area contributed by atoms with Gasteiger partial charge in [0, 0.05) is 19.0 Å². The standard InChI is InChI=1S/C9H16N2O3S/c12-9-4-7-15(13,14)11(9)6-3-8-2-1-5-10-8/h8,10H,1-7H2. The first kappa shape index (κ1) is 10.9. The zero-order valence-corrected chi connectivity index (χ0v) is 9.42. The molecule has 2 fully saturated rings. The van der Waals surface area contributed by atoms with Crippen molar-refractivity contribution in [3.63, 3.8) is 0 Å². The lowest BCUT2D eigenvalue weighted by Crippen LogP contribution is -2.34. The molecule has 2 aliphatic heterocycles. The van der Waals surface area contributed by atoms with Crippen LogP contribution in [0.15, 0.2) is 0 Å². The van der Waals surface area contributed by atoms with Gasteiger partial charge in [-0.1, -0.05) is 0 Å². The average Bonchev–Trinajstić information content (AvgIpc) is 2.74. The number of sulfonamides is 1. The highest BCUT2D eigenvalue weighted by molar-refractivity contribution is 7.90. The van der Waals surface area contributed by atoms with Gasteiger partial charge in [0.05, 0.1) is 5.75 Å². The average molecular weight is 232 g/mol. The van der Waals surface area contributed by atoms with Crippen molar-refractivity contribution in [1.82, 2.24) is 9.62 Å². The van der Waals surface area contributed by atoms with Crippen LogP contribution in [0.3, 0.4) is 0 Å². The summed E-state index contributed by atoms with van der Waals surface area (Å²) in [4.78, 5) is 11.3. The van der Waals surface area contributed by atoms with Crippen LogP contribution in [-0.2, 0) is 14.8 Å². The number of hydrogen-bond acceptors (Lipinski definition) is 4. The summed E-state index contributed by atoms with van der Waals surface area (Å²) in [6.45, 7) is 1.35. The third-order valence-corrected chi connectivity index (χ3v) is 4.81. The molecule has 15 heavy (non-hydrogen) atoms. The Labute approximate surface area is 89.9 Å². The molecule has 2 saturated heterocycles. The maximum Gasteiger partial charge on any atom is 0.237 e. The summed E-state index contributed by atoms with van der Waals surface area (Å²) < 4.78 is 24.0. The summed E-state index contributed by atoms with van der Waals surface area (Å²) >= 11 is 0. The predicted octanol–water partition coefficient (Wildman–Crippen LogP) is -0.309. The first-order valence-electron chi connectivity index (χ1n) is 5.36. The fourth-order valence-corrected chi connectivity index (χ4v) is 3.58. The smallest absolute Gasteiger partial charge is 0.237 e. The van der Waals surface area contributed by atoms with Gasteiger partial charge in [0.15, 0.2) is 0 Å². The van der Waals surface area contributed by atoms with Gasteiger partial charge in [-0.05, 0) is 25.8 Å². The minimum atomic E-state index is -3.27. The highest BCUT2D eigenvalue weighted by Gasteiger charge is 2.34. The van der Waals surface area contributed by atoms with Crippen LogP contribution in [-0.4, -0.2) is 43.5 Å². The maximum absolute atomic E-state index is 11.5. The zero-order chi connectivity index (χ0) is 10.9. The number of carbonyl (C=O) groups is 1. The Kier molecular flexibility index (Phi) is 2.97. The SMILES string of the molecule is O=C1CCS(=O)(=O)N1CCC1CCCN1. The van der Waals surface area contributed by atoms with Crippen LogP contribution in [0.4, 0.5) is 0 Å². The summed E-state index contributed by atoms with van der Waals surface area (Å²) in [6, 6.07) is 0.383. The molecule has 0 spiro atoms. The molecule has 2 rings (SSSR count). The molecule has 0 radical (unpaired) electrons. The molecule has 0 aromatic carbocycles. The summed E-state index contributed by atoms with van der Waals surface area (Å²) in [6.07, 6.45) is 3.12. The van der Waals surface area contributed by atoms with Gasteiger partial charge in [-0.25, -0.2) is 12.7 Å². The minimum Gasteiger partial charge on any atom is -0.314 e. The van der Waals surface area contributed by atoms with Crippen LogP contribution >= 0.6 is 0 Å². The fraction of sp³-hybridized carbons (Fsp3) is 0.889. The molecule has 1 amide bonds.